The molecule has 2 aromatic carbocycles. The van der Waals surface area contributed by atoms with Crippen LogP contribution in [0.5, 0.6) is 11.5 Å². The number of rotatable bonds is 3. The summed E-state index contributed by atoms with van der Waals surface area (Å²) in [5, 5.41) is 0.493. The van der Waals surface area contributed by atoms with Crippen LogP contribution >= 0.6 is 34.2 Å². The molecule has 2 aromatic rings. The van der Waals surface area contributed by atoms with Crippen molar-refractivity contribution in [2.75, 3.05) is 7.11 Å². The molecule has 0 spiro atoms. The Bertz CT molecular complexity index is 613. The van der Waals surface area contributed by atoms with E-state index in [4.69, 9.17) is 21.1 Å². The molecule has 0 fully saturated rings. The van der Waals surface area contributed by atoms with Crippen LogP contribution in [0.15, 0.2) is 42.5 Å². The molecule has 0 heterocycles. The molecule has 0 aliphatic rings. The van der Waals surface area contributed by atoms with E-state index in [2.05, 4.69) is 22.6 Å². The molecular weight excluding hydrogens is 379 g/mol. The highest BCUT2D eigenvalue weighted by atomic mass is 127. The first-order chi connectivity index (χ1) is 9.11. The number of methoxy groups -OCH3 is 1. The van der Waals surface area contributed by atoms with E-state index in [0.29, 0.717) is 22.1 Å². The highest BCUT2D eigenvalue weighted by molar-refractivity contribution is 14.1. The maximum atomic E-state index is 12.1. The van der Waals surface area contributed by atoms with E-state index in [-0.39, 0.29) is 0 Å². The maximum absolute atomic E-state index is 12.1. The minimum atomic E-state index is -0.462. The lowest BCUT2D eigenvalue weighted by Crippen LogP contribution is -2.11. The fourth-order valence-corrected chi connectivity index (χ4v) is 2.24. The number of halogens is 2. The Morgan fingerprint density at radius 3 is 2.53 bits per heavy atom. The van der Waals surface area contributed by atoms with Crippen molar-refractivity contribution in [3.05, 3.63) is 56.6 Å². The SMILES string of the molecule is COc1ccccc1OC(=O)c1cc(Cl)ccc1I. The molecule has 0 radical (unpaired) electrons. The Morgan fingerprint density at radius 2 is 1.84 bits per heavy atom. The second-order valence-electron chi connectivity index (χ2n) is 3.66. The van der Waals surface area contributed by atoms with Crippen LogP contribution in [-0.2, 0) is 0 Å². The zero-order valence-electron chi connectivity index (χ0n) is 10.0. The van der Waals surface area contributed by atoms with Crippen molar-refractivity contribution in [3.8, 4) is 11.5 Å². The molecule has 0 N–H and O–H groups in total. The van der Waals surface area contributed by atoms with Crippen molar-refractivity contribution in [2.24, 2.45) is 0 Å². The van der Waals surface area contributed by atoms with E-state index in [1.165, 1.54) is 7.11 Å². The first-order valence-electron chi connectivity index (χ1n) is 5.42. The molecule has 19 heavy (non-hydrogen) atoms. The Hall–Kier alpha value is -1.27. The highest BCUT2D eigenvalue weighted by Gasteiger charge is 2.15. The monoisotopic (exact) mass is 388 g/mol. The van der Waals surface area contributed by atoms with Gasteiger partial charge in [0, 0.05) is 8.59 Å². The van der Waals surface area contributed by atoms with Crippen LogP contribution in [0.1, 0.15) is 10.4 Å². The molecule has 0 aromatic heterocycles. The van der Waals surface area contributed by atoms with Crippen LogP contribution in [-0.4, -0.2) is 13.1 Å². The largest absolute Gasteiger partial charge is 0.493 e. The summed E-state index contributed by atoms with van der Waals surface area (Å²) in [6.45, 7) is 0. The number of ether oxygens (including phenoxy) is 2. The molecule has 0 bridgehead atoms. The average molecular weight is 389 g/mol. The number of carbonyl (C=O) groups is 1. The molecule has 0 atom stereocenters. The van der Waals surface area contributed by atoms with Gasteiger partial charge in [-0.2, -0.15) is 0 Å². The van der Waals surface area contributed by atoms with E-state index in [1.54, 1.807) is 42.5 Å². The zero-order chi connectivity index (χ0) is 13.8. The van der Waals surface area contributed by atoms with Gasteiger partial charge >= 0.3 is 5.97 Å². The molecule has 5 heteroatoms. The lowest BCUT2D eigenvalue weighted by atomic mass is 10.2. The highest BCUT2D eigenvalue weighted by Crippen LogP contribution is 2.27. The number of hydrogen-bond acceptors (Lipinski definition) is 3. The van der Waals surface area contributed by atoms with Gasteiger partial charge in [0.25, 0.3) is 0 Å². The summed E-state index contributed by atoms with van der Waals surface area (Å²) in [7, 11) is 1.52. The van der Waals surface area contributed by atoms with Gasteiger partial charge in [0.1, 0.15) is 0 Å². The van der Waals surface area contributed by atoms with Crippen LogP contribution in [0.4, 0.5) is 0 Å². The molecule has 0 amide bonds. The van der Waals surface area contributed by atoms with Crippen LogP contribution < -0.4 is 9.47 Å². The fraction of sp³-hybridized carbons (Fsp3) is 0.0714. The molecule has 0 aliphatic heterocycles. The van der Waals surface area contributed by atoms with Gasteiger partial charge in [-0.1, -0.05) is 23.7 Å². The smallest absolute Gasteiger partial charge is 0.344 e. The number of para-hydroxylation sites is 2. The molecule has 0 saturated heterocycles. The van der Waals surface area contributed by atoms with Crippen LogP contribution in [0.3, 0.4) is 0 Å². The summed E-state index contributed by atoms with van der Waals surface area (Å²) in [5.74, 6) is 0.426. The predicted molar refractivity (Wildman–Crippen MR) is 82.1 cm³/mol. The third-order valence-corrected chi connectivity index (χ3v) is 3.60. The summed E-state index contributed by atoms with van der Waals surface area (Å²) < 4.78 is 11.2. The quantitative estimate of drug-likeness (QED) is 0.450. The second kappa shape index (κ2) is 6.25. The topological polar surface area (TPSA) is 35.5 Å². The van der Waals surface area contributed by atoms with Crippen molar-refractivity contribution in [2.45, 2.75) is 0 Å². The van der Waals surface area contributed by atoms with Gasteiger partial charge in [-0.05, 0) is 52.9 Å². The average Bonchev–Trinajstić information content (AvgIpc) is 2.42. The third-order valence-electron chi connectivity index (χ3n) is 2.42. The molecule has 0 aliphatic carbocycles. The van der Waals surface area contributed by atoms with Crippen LogP contribution in [0.25, 0.3) is 0 Å². The van der Waals surface area contributed by atoms with E-state index in [9.17, 15) is 4.79 Å². The summed E-state index contributed by atoms with van der Waals surface area (Å²) in [5.41, 5.74) is 0.430. The summed E-state index contributed by atoms with van der Waals surface area (Å²) in [6, 6.07) is 12.1. The van der Waals surface area contributed by atoms with Gasteiger partial charge in [0.05, 0.1) is 12.7 Å². The van der Waals surface area contributed by atoms with Crippen molar-refractivity contribution < 1.29 is 14.3 Å². The van der Waals surface area contributed by atoms with Crippen molar-refractivity contribution in [1.82, 2.24) is 0 Å². The molecule has 98 valence electrons. The van der Waals surface area contributed by atoms with Gasteiger partial charge in [-0.25, -0.2) is 4.79 Å². The van der Waals surface area contributed by atoms with Crippen molar-refractivity contribution in [1.29, 1.82) is 0 Å². The van der Waals surface area contributed by atoms with Crippen LogP contribution in [0.2, 0.25) is 5.02 Å². The predicted octanol–water partition coefficient (Wildman–Crippen LogP) is 4.17. The molecule has 0 unspecified atom stereocenters. The first kappa shape index (κ1) is 14.1. The lowest BCUT2D eigenvalue weighted by molar-refractivity contribution is 0.0728. The minimum Gasteiger partial charge on any atom is -0.493 e. The van der Waals surface area contributed by atoms with Crippen molar-refractivity contribution in [3.63, 3.8) is 0 Å². The van der Waals surface area contributed by atoms with Crippen LogP contribution in [0, 0.1) is 3.57 Å². The van der Waals surface area contributed by atoms with E-state index in [0.717, 1.165) is 3.57 Å². The summed E-state index contributed by atoms with van der Waals surface area (Å²) in [6.07, 6.45) is 0. The third kappa shape index (κ3) is 3.39. The number of carbonyl (C=O) groups excluding carboxylic acids is 1. The maximum Gasteiger partial charge on any atom is 0.344 e. The van der Waals surface area contributed by atoms with E-state index >= 15 is 0 Å². The minimum absolute atomic E-state index is 0.380. The van der Waals surface area contributed by atoms with Gasteiger partial charge in [-0.3, -0.25) is 0 Å². The summed E-state index contributed by atoms with van der Waals surface area (Å²) in [4.78, 5) is 12.1. The van der Waals surface area contributed by atoms with E-state index < -0.39 is 5.97 Å². The zero-order valence-corrected chi connectivity index (χ0v) is 12.9. The Kier molecular flexibility index (Phi) is 4.66. The number of benzene rings is 2. The Labute approximate surface area is 129 Å². The Balaban J connectivity index is 2.28. The number of esters is 1. The lowest BCUT2D eigenvalue weighted by Gasteiger charge is -2.09. The van der Waals surface area contributed by atoms with Gasteiger partial charge in [0.15, 0.2) is 11.5 Å². The first-order valence-corrected chi connectivity index (χ1v) is 6.87. The standard InChI is InChI=1S/C14H10ClIO3/c1-18-12-4-2-3-5-13(12)19-14(17)10-8-9(15)6-7-11(10)16/h2-8H,1H3. The summed E-state index contributed by atoms with van der Waals surface area (Å²) >= 11 is 7.95. The van der Waals surface area contributed by atoms with Gasteiger partial charge < -0.3 is 9.47 Å². The molecule has 2 rings (SSSR count). The molecule has 0 saturated carbocycles. The Morgan fingerprint density at radius 1 is 1.16 bits per heavy atom. The molecular formula is C14H10ClIO3. The normalized spacial score (nSPS) is 10.1. The van der Waals surface area contributed by atoms with Gasteiger partial charge in [-0.15, -0.1) is 0 Å². The second-order valence-corrected chi connectivity index (χ2v) is 5.26. The fourth-order valence-electron chi connectivity index (χ4n) is 1.51. The van der Waals surface area contributed by atoms with E-state index in [1.807, 2.05) is 0 Å². The van der Waals surface area contributed by atoms with Crippen molar-refractivity contribution >= 4 is 40.2 Å². The van der Waals surface area contributed by atoms with Gasteiger partial charge in [0.2, 0.25) is 0 Å². The molecule has 3 nitrogen and oxygen atoms in total. The number of hydrogen-bond donors (Lipinski definition) is 0.